The quantitative estimate of drug-likeness (QED) is 0.701. The van der Waals surface area contributed by atoms with Gasteiger partial charge >= 0.3 is 0 Å². The lowest BCUT2D eigenvalue weighted by Crippen LogP contribution is -2.00. The SMILES string of the molecule is Nc1ccc2cnn(-c3ncccc3Br)c2c1. The molecule has 0 atom stereocenters. The summed E-state index contributed by atoms with van der Waals surface area (Å²) in [6.45, 7) is 0. The first-order valence-electron chi connectivity index (χ1n) is 5.10. The van der Waals surface area contributed by atoms with Crippen LogP contribution in [-0.4, -0.2) is 14.8 Å². The smallest absolute Gasteiger partial charge is 0.168 e. The van der Waals surface area contributed by atoms with E-state index in [0.29, 0.717) is 5.69 Å². The first-order chi connectivity index (χ1) is 8.25. The molecule has 17 heavy (non-hydrogen) atoms. The summed E-state index contributed by atoms with van der Waals surface area (Å²) in [5, 5.41) is 5.37. The fraction of sp³-hybridized carbons (Fsp3) is 0. The monoisotopic (exact) mass is 288 g/mol. The van der Waals surface area contributed by atoms with E-state index in [1.165, 1.54) is 0 Å². The molecule has 0 aliphatic heterocycles. The van der Waals surface area contributed by atoms with Crippen LogP contribution in [0.4, 0.5) is 5.69 Å². The molecule has 5 heteroatoms. The Hall–Kier alpha value is -1.88. The Balaban J connectivity index is 2.31. The zero-order valence-electron chi connectivity index (χ0n) is 8.84. The number of aromatic nitrogens is 3. The van der Waals surface area contributed by atoms with Crippen LogP contribution in [0.1, 0.15) is 0 Å². The maximum atomic E-state index is 5.79. The Morgan fingerprint density at radius 2 is 2.12 bits per heavy atom. The molecule has 0 fully saturated rings. The minimum absolute atomic E-state index is 0.714. The second-order valence-corrected chi connectivity index (χ2v) is 4.54. The minimum atomic E-state index is 0.714. The summed E-state index contributed by atoms with van der Waals surface area (Å²) >= 11 is 3.47. The van der Waals surface area contributed by atoms with Crippen molar-refractivity contribution in [3.05, 3.63) is 47.2 Å². The number of benzene rings is 1. The standard InChI is InChI=1S/C12H9BrN4/c13-10-2-1-5-15-12(10)17-11-6-9(14)4-3-8(11)7-16-17/h1-7H,14H2. The normalized spacial score (nSPS) is 10.9. The van der Waals surface area contributed by atoms with E-state index in [9.17, 15) is 0 Å². The van der Waals surface area contributed by atoms with Gasteiger partial charge < -0.3 is 5.73 Å². The fourth-order valence-electron chi connectivity index (χ4n) is 1.74. The molecule has 0 aliphatic rings. The van der Waals surface area contributed by atoms with Gasteiger partial charge in [-0.3, -0.25) is 0 Å². The first-order valence-corrected chi connectivity index (χ1v) is 5.89. The van der Waals surface area contributed by atoms with Crippen LogP contribution in [-0.2, 0) is 0 Å². The molecule has 2 aromatic heterocycles. The molecule has 3 rings (SSSR count). The molecule has 3 aromatic rings. The van der Waals surface area contributed by atoms with Crippen molar-refractivity contribution in [2.45, 2.75) is 0 Å². The average molecular weight is 289 g/mol. The zero-order chi connectivity index (χ0) is 11.8. The lowest BCUT2D eigenvalue weighted by Gasteiger charge is -2.04. The highest BCUT2D eigenvalue weighted by atomic mass is 79.9. The summed E-state index contributed by atoms with van der Waals surface area (Å²) < 4.78 is 2.67. The van der Waals surface area contributed by atoms with Crippen LogP contribution >= 0.6 is 15.9 Å². The molecule has 0 saturated heterocycles. The molecule has 4 nitrogen and oxygen atoms in total. The molecule has 0 bridgehead atoms. The van der Waals surface area contributed by atoms with Crippen LogP contribution in [0, 0.1) is 0 Å². The molecule has 0 aliphatic carbocycles. The second kappa shape index (κ2) is 3.85. The predicted molar refractivity (Wildman–Crippen MR) is 71.0 cm³/mol. The van der Waals surface area contributed by atoms with Gasteiger partial charge in [0.15, 0.2) is 5.82 Å². The second-order valence-electron chi connectivity index (χ2n) is 3.68. The van der Waals surface area contributed by atoms with Gasteiger partial charge in [-0.15, -0.1) is 0 Å². The molecule has 0 radical (unpaired) electrons. The lowest BCUT2D eigenvalue weighted by atomic mass is 10.2. The van der Waals surface area contributed by atoms with Crippen molar-refractivity contribution in [3.63, 3.8) is 0 Å². The maximum absolute atomic E-state index is 5.79. The summed E-state index contributed by atoms with van der Waals surface area (Å²) in [5.74, 6) is 0.758. The van der Waals surface area contributed by atoms with Gasteiger partial charge in [0, 0.05) is 17.3 Å². The molecule has 0 unspecified atom stereocenters. The molecule has 2 heterocycles. The first kappa shape index (κ1) is 10.3. The van der Waals surface area contributed by atoms with E-state index in [1.54, 1.807) is 17.1 Å². The highest BCUT2D eigenvalue weighted by Gasteiger charge is 2.08. The number of fused-ring (bicyclic) bond motifs is 1. The van der Waals surface area contributed by atoms with Crippen molar-refractivity contribution in [2.24, 2.45) is 0 Å². The van der Waals surface area contributed by atoms with Crippen LogP contribution < -0.4 is 5.73 Å². The minimum Gasteiger partial charge on any atom is -0.399 e. The summed E-state index contributed by atoms with van der Waals surface area (Å²) in [7, 11) is 0. The van der Waals surface area contributed by atoms with Crippen LogP contribution in [0.2, 0.25) is 0 Å². The number of anilines is 1. The number of pyridine rings is 1. The van der Waals surface area contributed by atoms with Crippen LogP contribution in [0.25, 0.3) is 16.7 Å². The number of nitrogens with two attached hydrogens (primary N) is 1. The number of rotatable bonds is 1. The van der Waals surface area contributed by atoms with Gasteiger partial charge in [0.25, 0.3) is 0 Å². The van der Waals surface area contributed by atoms with E-state index in [4.69, 9.17) is 5.73 Å². The molecule has 2 N–H and O–H groups in total. The van der Waals surface area contributed by atoms with Crippen LogP contribution in [0.5, 0.6) is 0 Å². The van der Waals surface area contributed by atoms with Crippen molar-refractivity contribution in [2.75, 3.05) is 5.73 Å². The third-order valence-corrected chi connectivity index (χ3v) is 3.15. The van der Waals surface area contributed by atoms with Crippen molar-refractivity contribution >= 4 is 32.5 Å². The Bertz CT molecular complexity index is 690. The predicted octanol–water partition coefficient (Wildman–Crippen LogP) is 2.77. The lowest BCUT2D eigenvalue weighted by molar-refractivity contribution is 0.869. The molecule has 84 valence electrons. The van der Waals surface area contributed by atoms with Gasteiger partial charge in [0.05, 0.1) is 16.2 Å². The summed E-state index contributed by atoms with van der Waals surface area (Å²) in [6.07, 6.45) is 3.54. The van der Waals surface area contributed by atoms with E-state index in [-0.39, 0.29) is 0 Å². The Kier molecular flexibility index (Phi) is 2.33. The van der Waals surface area contributed by atoms with Crippen molar-refractivity contribution in [1.29, 1.82) is 0 Å². The van der Waals surface area contributed by atoms with E-state index in [2.05, 4.69) is 26.0 Å². The maximum Gasteiger partial charge on any atom is 0.168 e. The van der Waals surface area contributed by atoms with Crippen LogP contribution in [0.15, 0.2) is 47.2 Å². The number of hydrogen-bond acceptors (Lipinski definition) is 3. The summed E-state index contributed by atoms with van der Waals surface area (Å²) in [4.78, 5) is 4.31. The van der Waals surface area contributed by atoms with Crippen LogP contribution in [0.3, 0.4) is 0 Å². The summed E-state index contributed by atoms with van der Waals surface area (Å²) in [5.41, 5.74) is 7.46. The van der Waals surface area contributed by atoms with Crippen molar-refractivity contribution in [1.82, 2.24) is 14.8 Å². The van der Waals surface area contributed by atoms with Crippen molar-refractivity contribution in [3.8, 4) is 5.82 Å². The molecule has 1 aromatic carbocycles. The number of nitrogens with zero attached hydrogens (tertiary/aromatic N) is 3. The van der Waals surface area contributed by atoms with Gasteiger partial charge in [0.2, 0.25) is 0 Å². The molecule has 0 saturated carbocycles. The molecule has 0 spiro atoms. The molecular formula is C12H9BrN4. The Morgan fingerprint density at radius 3 is 2.94 bits per heavy atom. The van der Waals surface area contributed by atoms with Gasteiger partial charge in [-0.25, -0.2) is 9.67 Å². The number of halogens is 1. The topological polar surface area (TPSA) is 56.7 Å². The van der Waals surface area contributed by atoms with Gasteiger partial charge in [-0.05, 0) is 46.3 Å². The Labute approximate surface area is 106 Å². The largest absolute Gasteiger partial charge is 0.399 e. The fourth-order valence-corrected chi connectivity index (χ4v) is 2.16. The third kappa shape index (κ3) is 1.68. The molecular weight excluding hydrogens is 280 g/mol. The van der Waals surface area contributed by atoms with E-state index < -0.39 is 0 Å². The Morgan fingerprint density at radius 1 is 1.24 bits per heavy atom. The van der Waals surface area contributed by atoms with Gasteiger partial charge in [-0.2, -0.15) is 5.10 Å². The van der Waals surface area contributed by atoms with E-state index in [0.717, 1.165) is 21.2 Å². The van der Waals surface area contributed by atoms with E-state index in [1.807, 2.05) is 30.3 Å². The van der Waals surface area contributed by atoms with Gasteiger partial charge in [0.1, 0.15) is 0 Å². The van der Waals surface area contributed by atoms with E-state index >= 15 is 0 Å². The highest BCUT2D eigenvalue weighted by molar-refractivity contribution is 9.10. The average Bonchev–Trinajstić information content (AvgIpc) is 2.72. The highest BCUT2D eigenvalue weighted by Crippen LogP contribution is 2.23. The third-order valence-electron chi connectivity index (χ3n) is 2.53. The number of hydrogen-bond donors (Lipinski definition) is 1. The van der Waals surface area contributed by atoms with Crippen molar-refractivity contribution < 1.29 is 0 Å². The zero-order valence-corrected chi connectivity index (χ0v) is 10.4. The molecule has 0 amide bonds. The summed E-state index contributed by atoms with van der Waals surface area (Å²) in [6, 6.07) is 9.51. The van der Waals surface area contributed by atoms with Gasteiger partial charge in [-0.1, -0.05) is 0 Å². The number of nitrogen functional groups attached to an aromatic ring is 1.